The molecule has 0 spiro atoms. The highest BCUT2D eigenvalue weighted by Crippen LogP contribution is 2.45. The van der Waals surface area contributed by atoms with Gasteiger partial charge in [0.05, 0.1) is 53.7 Å². The molecule has 0 aliphatic heterocycles. The minimum absolute atomic E-state index is 0.222. The number of esters is 2. The summed E-state index contributed by atoms with van der Waals surface area (Å²) < 4.78 is 33.6. The van der Waals surface area contributed by atoms with E-state index in [1.54, 1.807) is 62.3 Å². The smallest absolute Gasteiger partial charge is 0.355 e. The predicted molar refractivity (Wildman–Crippen MR) is 137 cm³/mol. The molecule has 2 aromatic heterocycles. The Labute approximate surface area is 214 Å². The van der Waals surface area contributed by atoms with E-state index in [0.717, 1.165) is 5.56 Å². The van der Waals surface area contributed by atoms with Gasteiger partial charge in [-0.2, -0.15) is 0 Å². The van der Waals surface area contributed by atoms with Gasteiger partial charge in [-0.25, -0.2) is 9.59 Å². The zero-order chi connectivity index (χ0) is 26.7. The lowest BCUT2D eigenvalue weighted by molar-refractivity contribution is 0.0583. The SMILES string of the molecule is COC(=O)c1ccc2c(-c3ccc(OC)c(OC)c3)c(-c3ccc(OC)c(OC)c3)c(C(=O)OC)n2c1. The molecule has 9 nitrogen and oxygen atoms in total. The molecule has 0 radical (unpaired) electrons. The van der Waals surface area contributed by atoms with Crippen molar-refractivity contribution in [1.82, 2.24) is 4.40 Å². The van der Waals surface area contributed by atoms with Crippen LogP contribution in [0.1, 0.15) is 20.8 Å². The number of pyridine rings is 1. The van der Waals surface area contributed by atoms with Crippen LogP contribution in [0.2, 0.25) is 0 Å². The number of carbonyl (C=O) groups excluding carboxylic acids is 2. The summed E-state index contributed by atoms with van der Waals surface area (Å²) in [6.07, 6.45) is 1.56. The zero-order valence-electron chi connectivity index (χ0n) is 21.4. The highest BCUT2D eigenvalue weighted by molar-refractivity contribution is 6.08. The first-order valence-corrected chi connectivity index (χ1v) is 11.2. The molecule has 0 N–H and O–H groups in total. The highest BCUT2D eigenvalue weighted by Gasteiger charge is 2.28. The fourth-order valence-corrected chi connectivity index (χ4v) is 4.35. The number of aromatic nitrogens is 1. The Bertz CT molecular complexity index is 1490. The number of hydrogen-bond acceptors (Lipinski definition) is 8. The van der Waals surface area contributed by atoms with Gasteiger partial charge in [0.1, 0.15) is 5.69 Å². The van der Waals surface area contributed by atoms with E-state index in [9.17, 15) is 9.59 Å². The minimum atomic E-state index is -0.589. The van der Waals surface area contributed by atoms with Gasteiger partial charge < -0.3 is 32.8 Å². The van der Waals surface area contributed by atoms with Gasteiger partial charge in [0.25, 0.3) is 0 Å². The summed E-state index contributed by atoms with van der Waals surface area (Å²) in [7, 11) is 8.81. The van der Waals surface area contributed by atoms with Crippen molar-refractivity contribution >= 4 is 17.5 Å². The van der Waals surface area contributed by atoms with Gasteiger partial charge in [-0.05, 0) is 47.5 Å². The Balaban J connectivity index is 2.17. The second-order valence-corrected chi connectivity index (χ2v) is 7.89. The zero-order valence-corrected chi connectivity index (χ0v) is 21.4. The van der Waals surface area contributed by atoms with Gasteiger partial charge >= 0.3 is 11.9 Å². The van der Waals surface area contributed by atoms with Gasteiger partial charge in [-0.1, -0.05) is 12.1 Å². The molecule has 0 saturated heterocycles. The summed E-state index contributed by atoms with van der Waals surface area (Å²) in [6, 6.07) is 14.3. The summed E-state index contributed by atoms with van der Waals surface area (Å²) >= 11 is 0. The average Bonchev–Trinajstić information content (AvgIpc) is 3.29. The molecule has 4 aromatic rings. The third-order valence-corrected chi connectivity index (χ3v) is 6.08. The molecule has 0 saturated carbocycles. The van der Waals surface area contributed by atoms with Crippen LogP contribution in [-0.2, 0) is 9.47 Å². The van der Waals surface area contributed by atoms with Crippen molar-refractivity contribution in [3.8, 4) is 45.3 Å². The van der Waals surface area contributed by atoms with Crippen molar-refractivity contribution in [2.24, 2.45) is 0 Å². The monoisotopic (exact) mass is 505 g/mol. The Morgan fingerprint density at radius 3 is 1.59 bits per heavy atom. The van der Waals surface area contributed by atoms with Crippen LogP contribution in [-0.4, -0.2) is 59.0 Å². The van der Waals surface area contributed by atoms with Crippen LogP contribution in [0.3, 0.4) is 0 Å². The summed E-state index contributed by atoms with van der Waals surface area (Å²) in [4.78, 5) is 25.6. The van der Waals surface area contributed by atoms with Crippen LogP contribution in [0.5, 0.6) is 23.0 Å². The lowest BCUT2D eigenvalue weighted by Gasteiger charge is -2.13. The molecular formula is C28H27NO8. The standard InChI is InChI=1S/C28H27NO8/c1-32-20-11-8-16(13-22(20)34-3)24-19-10-7-18(27(30)36-5)15-29(19)26(28(31)37-6)25(24)17-9-12-21(33-2)23(14-17)35-4/h7-15H,1-6H3. The van der Waals surface area contributed by atoms with E-state index in [1.807, 2.05) is 18.2 Å². The molecule has 192 valence electrons. The van der Waals surface area contributed by atoms with Gasteiger partial charge in [0.2, 0.25) is 0 Å². The molecule has 2 heterocycles. The molecule has 4 rings (SSSR count). The molecule has 0 fully saturated rings. The van der Waals surface area contributed by atoms with Crippen LogP contribution in [0.4, 0.5) is 0 Å². The van der Waals surface area contributed by atoms with Crippen molar-refractivity contribution in [1.29, 1.82) is 0 Å². The van der Waals surface area contributed by atoms with Gasteiger partial charge in [-0.15, -0.1) is 0 Å². The highest BCUT2D eigenvalue weighted by atomic mass is 16.5. The number of benzene rings is 2. The van der Waals surface area contributed by atoms with Crippen molar-refractivity contribution in [2.45, 2.75) is 0 Å². The van der Waals surface area contributed by atoms with E-state index in [2.05, 4.69) is 0 Å². The maximum absolute atomic E-state index is 13.3. The van der Waals surface area contributed by atoms with Crippen LogP contribution in [0, 0.1) is 0 Å². The largest absolute Gasteiger partial charge is 0.493 e. The fraction of sp³-hybridized carbons (Fsp3) is 0.214. The van der Waals surface area contributed by atoms with Gasteiger partial charge in [0.15, 0.2) is 23.0 Å². The maximum atomic E-state index is 13.3. The first kappa shape index (κ1) is 25.4. The first-order chi connectivity index (χ1) is 17.9. The van der Waals surface area contributed by atoms with E-state index < -0.39 is 11.9 Å². The van der Waals surface area contributed by atoms with Crippen molar-refractivity contribution in [3.05, 3.63) is 66.0 Å². The number of hydrogen-bond donors (Lipinski definition) is 0. The average molecular weight is 506 g/mol. The van der Waals surface area contributed by atoms with E-state index in [0.29, 0.717) is 45.2 Å². The van der Waals surface area contributed by atoms with E-state index in [4.69, 9.17) is 28.4 Å². The lowest BCUT2D eigenvalue weighted by atomic mass is 9.94. The fourth-order valence-electron chi connectivity index (χ4n) is 4.35. The Morgan fingerprint density at radius 1 is 0.595 bits per heavy atom. The number of rotatable bonds is 8. The third-order valence-electron chi connectivity index (χ3n) is 6.08. The molecule has 37 heavy (non-hydrogen) atoms. The number of fused-ring (bicyclic) bond motifs is 1. The summed E-state index contributed by atoms with van der Waals surface area (Å²) in [6.45, 7) is 0. The second kappa shape index (κ2) is 10.5. The van der Waals surface area contributed by atoms with Crippen LogP contribution in [0.15, 0.2) is 54.7 Å². The molecule has 0 amide bonds. The Hall–Kier alpha value is -4.66. The van der Waals surface area contributed by atoms with E-state index >= 15 is 0 Å². The second-order valence-electron chi connectivity index (χ2n) is 7.89. The third kappa shape index (κ3) is 4.40. The lowest BCUT2D eigenvalue weighted by Crippen LogP contribution is -2.09. The van der Waals surface area contributed by atoms with E-state index in [-0.39, 0.29) is 11.3 Å². The van der Waals surface area contributed by atoms with Crippen LogP contribution < -0.4 is 18.9 Å². The van der Waals surface area contributed by atoms with Crippen molar-refractivity contribution < 1.29 is 38.0 Å². The molecule has 2 aromatic carbocycles. The number of methoxy groups -OCH3 is 6. The van der Waals surface area contributed by atoms with Crippen LogP contribution in [0.25, 0.3) is 27.8 Å². The Kier molecular flexibility index (Phi) is 7.24. The molecule has 0 aliphatic carbocycles. The maximum Gasteiger partial charge on any atom is 0.355 e. The molecule has 9 heteroatoms. The Morgan fingerprint density at radius 2 is 1.11 bits per heavy atom. The molecular weight excluding hydrogens is 478 g/mol. The topological polar surface area (TPSA) is 93.9 Å². The normalized spacial score (nSPS) is 10.6. The van der Waals surface area contributed by atoms with Crippen molar-refractivity contribution in [2.75, 3.05) is 42.7 Å². The summed E-state index contributed by atoms with van der Waals surface area (Å²) in [5.74, 6) is 0.974. The molecule has 0 atom stereocenters. The number of ether oxygens (including phenoxy) is 6. The molecule has 0 aliphatic rings. The van der Waals surface area contributed by atoms with Crippen molar-refractivity contribution in [3.63, 3.8) is 0 Å². The quantitative estimate of drug-likeness (QED) is 0.313. The van der Waals surface area contributed by atoms with E-state index in [1.165, 1.54) is 21.3 Å². The first-order valence-electron chi connectivity index (χ1n) is 11.2. The molecule has 0 unspecified atom stereocenters. The van der Waals surface area contributed by atoms with Gasteiger partial charge in [-0.3, -0.25) is 0 Å². The number of carbonyl (C=O) groups is 2. The summed E-state index contributed by atoms with van der Waals surface area (Å²) in [5, 5.41) is 0. The minimum Gasteiger partial charge on any atom is -0.493 e. The summed E-state index contributed by atoms with van der Waals surface area (Å²) in [5.41, 5.74) is 3.86. The molecule has 0 bridgehead atoms. The van der Waals surface area contributed by atoms with Crippen LogP contribution >= 0.6 is 0 Å². The predicted octanol–water partition coefficient (Wildman–Crippen LogP) is 4.88. The number of nitrogens with zero attached hydrogens (tertiary/aromatic N) is 1. The van der Waals surface area contributed by atoms with Gasteiger partial charge in [0, 0.05) is 17.3 Å².